The lowest BCUT2D eigenvalue weighted by Gasteiger charge is -2.10. The van der Waals surface area contributed by atoms with Crippen LogP contribution in [0.1, 0.15) is 5.56 Å². The van der Waals surface area contributed by atoms with Crippen molar-refractivity contribution in [1.29, 1.82) is 0 Å². The van der Waals surface area contributed by atoms with Gasteiger partial charge in [0.25, 0.3) is 0 Å². The number of imidazole rings is 1. The van der Waals surface area contributed by atoms with Crippen LogP contribution in [0.3, 0.4) is 0 Å². The van der Waals surface area contributed by atoms with Crippen LogP contribution in [0.15, 0.2) is 42.7 Å². The lowest BCUT2D eigenvalue weighted by atomic mass is 10.1. The summed E-state index contributed by atoms with van der Waals surface area (Å²) in [5.74, 6) is 1.37. The smallest absolute Gasteiger partial charge is 0.163 e. The van der Waals surface area contributed by atoms with Gasteiger partial charge in [-0.15, -0.1) is 0 Å². The molecule has 6 nitrogen and oxygen atoms in total. The van der Waals surface area contributed by atoms with Gasteiger partial charge in [0, 0.05) is 36.5 Å². The third-order valence-electron chi connectivity index (χ3n) is 3.87. The Kier molecular flexibility index (Phi) is 5.24. The Balaban J connectivity index is 1.91. The van der Waals surface area contributed by atoms with Crippen LogP contribution < -0.4 is 19.3 Å². The minimum absolute atomic E-state index is 0.677. The predicted octanol–water partition coefficient (Wildman–Crippen LogP) is 2.70. The van der Waals surface area contributed by atoms with E-state index < -0.39 is 0 Å². The quantitative estimate of drug-likeness (QED) is 0.507. The summed E-state index contributed by atoms with van der Waals surface area (Å²) in [6, 6.07) is 12.2. The number of aromatic nitrogens is 2. The first-order chi connectivity index (χ1) is 11.8. The summed E-state index contributed by atoms with van der Waals surface area (Å²) in [6.45, 7) is 0.839. The normalized spacial score (nSPS) is 11.0. The van der Waals surface area contributed by atoms with Gasteiger partial charge in [0.2, 0.25) is 0 Å². The monoisotopic (exact) mass is 344 g/mol. The zero-order chi connectivity index (χ0) is 16.9. The van der Waals surface area contributed by atoms with Crippen molar-refractivity contribution in [2.75, 3.05) is 20.8 Å². The number of hydrogen-bond acceptors (Lipinski definition) is 6. The minimum Gasteiger partial charge on any atom is -0.493 e. The molecular formula is C17H20N4O2S. The maximum Gasteiger partial charge on any atom is 0.163 e. The second-order valence-electron chi connectivity index (χ2n) is 5.24. The Morgan fingerprint density at radius 1 is 1.12 bits per heavy atom. The van der Waals surface area contributed by atoms with Crippen LogP contribution in [0.4, 0.5) is 0 Å². The first-order valence-electron chi connectivity index (χ1n) is 7.53. The number of ether oxygens (including phenoxy) is 2. The summed E-state index contributed by atoms with van der Waals surface area (Å²) in [7, 11) is 3.25. The second-order valence-corrected chi connectivity index (χ2v) is 5.76. The largest absolute Gasteiger partial charge is 0.493 e. The van der Waals surface area contributed by atoms with E-state index in [1.165, 1.54) is 5.56 Å². The molecule has 0 amide bonds. The van der Waals surface area contributed by atoms with Gasteiger partial charge >= 0.3 is 0 Å². The molecule has 1 heterocycles. The molecule has 0 unspecified atom stereocenters. The van der Waals surface area contributed by atoms with Crippen molar-refractivity contribution in [3.05, 3.63) is 48.3 Å². The van der Waals surface area contributed by atoms with Crippen LogP contribution >= 0.6 is 12.1 Å². The molecule has 24 heavy (non-hydrogen) atoms. The van der Waals surface area contributed by atoms with E-state index in [0.29, 0.717) is 11.5 Å². The zero-order valence-electron chi connectivity index (χ0n) is 13.7. The third-order valence-corrected chi connectivity index (χ3v) is 4.24. The number of fused-ring (bicyclic) bond motifs is 1. The first kappa shape index (κ1) is 16.6. The van der Waals surface area contributed by atoms with Gasteiger partial charge < -0.3 is 9.47 Å². The minimum atomic E-state index is 0.677. The van der Waals surface area contributed by atoms with Gasteiger partial charge in [-0.05, 0) is 24.1 Å². The molecule has 3 N–H and O–H groups in total. The number of nitrogens with two attached hydrogens (primary N) is 1. The van der Waals surface area contributed by atoms with E-state index in [4.69, 9.17) is 14.6 Å². The fourth-order valence-electron chi connectivity index (χ4n) is 2.62. The van der Waals surface area contributed by atoms with Gasteiger partial charge in [-0.2, -0.15) is 0 Å². The maximum absolute atomic E-state index is 5.39. The number of hydrogen-bond donors (Lipinski definition) is 2. The lowest BCUT2D eigenvalue weighted by Crippen LogP contribution is -2.10. The van der Waals surface area contributed by atoms with Crippen LogP contribution in [-0.2, 0) is 6.42 Å². The molecule has 7 heteroatoms. The molecule has 0 saturated carbocycles. The fourth-order valence-corrected chi connectivity index (χ4v) is 2.84. The Labute approximate surface area is 145 Å². The van der Waals surface area contributed by atoms with Crippen molar-refractivity contribution < 1.29 is 9.47 Å². The Morgan fingerprint density at radius 3 is 2.50 bits per heavy atom. The van der Waals surface area contributed by atoms with Gasteiger partial charge in [-0.1, -0.05) is 12.1 Å². The average Bonchev–Trinajstić information content (AvgIpc) is 3.04. The Morgan fingerprint density at radius 2 is 1.83 bits per heavy atom. The molecule has 0 aliphatic carbocycles. The number of methoxy groups -OCH3 is 2. The maximum atomic E-state index is 5.39. The number of benzene rings is 2. The van der Waals surface area contributed by atoms with Gasteiger partial charge in [-0.25, -0.2) is 4.98 Å². The fraction of sp³-hybridized carbons (Fsp3) is 0.235. The van der Waals surface area contributed by atoms with E-state index in [9.17, 15) is 0 Å². The average molecular weight is 344 g/mol. The molecule has 0 radical (unpaired) electrons. The molecule has 0 atom stereocenters. The molecule has 0 fully saturated rings. The molecule has 126 valence electrons. The standard InChI is InChI=1S/C17H20N4O2S/c1-22-16-9-14-15(10-17(16)23-2)21(11-19-14)13-5-3-12(4-6-13)7-8-20-24-18/h3-6,9-11,20H,7-8,18H2,1-2H3. The van der Waals surface area contributed by atoms with E-state index >= 15 is 0 Å². The molecule has 2 aromatic carbocycles. The van der Waals surface area contributed by atoms with Crippen molar-refractivity contribution in [2.24, 2.45) is 5.14 Å². The molecule has 1 aromatic heterocycles. The van der Waals surface area contributed by atoms with Crippen molar-refractivity contribution in [2.45, 2.75) is 6.42 Å². The van der Waals surface area contributed by atoms with Crippen LogP contribution in [0.5, 0.6) is 11.5 Å². The summed E-state index contributed by atoms with van der Waals surface area (Å²) in [6.07, 6.45) is 2.74. The summed E-state index contributed by atoms with van der Waals surface area (Å²) in [4.78, 5) is 4.46. The van der Waals surface area contributed by atoms with Crippen molar-refractivity contribution in [3.8, 4) is 17.2 Å². The van der Waals surface area contributed by atoms with Gasteiger partial charge in [0.1, 0.15) is 6.33 Å². The highest BCUT2D eigenvalue weighted by Gasteiger charge is 2.11. The van der Waals surface area contributed by atoms with Gasteiger partial charge in [-0.3, -0.25) is 14.4 Å². The topological polar surface area (TPSA) is 74.3 Å². The number of nitrogens with one attached hydrogen (secondary N) is 1. The van der Waals surface area contributed by atoms with E-state index in [1.807, 2.05) is 23.0 Å². The zero-order valence-corrected chi connectivity index (χ0v) is 14.5. The predicted molar refractivity (Wildman–Crippen MR) is 97.7 cm³/mol. The lowest BCUT2D eigenvalue weighted by molar-refractivity contribution is 0.355. The highest BCUT2D eigenvalue weighted by Crippen LogP contribution is 2.32. The van der Waals surface area contributed by atoms with Crippen LogP contribution in [0.2, 0.25) is 0 Å². The van der Waals surface area contributed by atoms with Crippen molar-refractivity contribution in [3.63, 3.8) is 0 Å². The number of rotatable bonds is 7. The van der Waals surface area contributed by atoms with Crippen molar-refractivity contribution >= 4 is 23.2 Å². The van der Waals surface area contributed by atoms with Gasteiger partial charge in [0.05, 0.1) is 25.3 Å². The summed E-state index contributed by atoms with van der Waals surface area (Å²) in [5, 5.41) is 5.35. The Hall–Kier alpha value is -2.22. The van der Waals surface area contributed by atoms with Crippen molar-refractivity contribution in [1.82, 2.24) is 14.3 Å². The van der Waals surface area contributed by atoms with Crippen LogP contribution in [0.25, 0.3) is 16.7 Å². The van der Waals surface area contributed by atoms with Crippen LogP contribution in [0, 0.1) is 0 Å². The van der Waals surface area contributed by atoms with Crippen LogP contribution in [-0.4, -0.2) is 30.3 Å². The molecule has 0 bridgehead atoms. The van der Waals surface area contributed by atoms with E-state index in [0.717, 1.165) is 41.8 Å². The second kappa shape index (κ2) is 7.57. The molecular weight excluding hydrogens is 324 g/mol. The Bertz CT molecular complexity index is 817. The van der Waals surface area contributed by atoms with E-state index in [-0.39, 0.29) is 0 Å². The number of nitrogens with zero attached hydrogens (tertiary/aromatic N) is 2. The summed E-state index contributed by atoms with van der Waals surface area (Å²) >= 11 is 1.15. The molecule has 0 aliphatic heterocycles. The molecule has 0 aliphatic rings. The summed E-state index contributed by atoms with van der Waals surface area (Å²) in [5.41, 5.74) is 4.14. The van der Waals surface area contributed by atoms with Gasteiger partial charge in [0.15, 0.2) is 11.5 Å². The van der Waals surface area contributed by atoms with E-state index in [1.54, 1.807) is 14.2 Å². The molecule has 0 spiro atoms. The first-order valence-corrected chi connectivity index (χ1v) is 8.41. The third kappa shape index (κ3) is 3.33. The SMILES string of the molecule is COc1cc2ncn(-c3ccc(CCNSN)cc3)c2cc1OC. The molecule has 3 rings (SSSR count). The molecule has 0 saturated heterocycles. The summed E-state index contributed by atoms with van der Waals surface area (Å²) < 4.78 is 15.8. The molecule has 3 aromatic rings. The van der Waals surface area contributed by atoms with E-state index in [2.05, 4.69) is 34.0 Å². The highest BCUT2D eigenvalue weighted by atomic mass is 32.2. The highest BCUT2D eigenvalue weighted by molar-refractivity contribution is 7.95.